The average Bonchev–Trinajstić information content (AvgIpc) is 2.53. The van der Waals surface area contributed by atoms with Gasteiger partial charge in [-0.15, -0.1) is 0 Å². The van der Waals surface area contributed by atoms with E-state index in [1.54, 1.807) is 43.7 Å². The van der Waals surface area contributed by atoms with Crippen LogP contribution in [0.3, 0.4) is 0 Å². The summed E-state index contributed by atoms with van der Waals surface area (Å²) in [5.41, 5.74) is 1.79. The first kappa shape index (κ1) is 13.5. The van der Waals surface area contributed by atoms with Gasteiger partial charge in [0.1, 0.15) is 5.69 Å². The molecule has 0 unspecified atom stereocenters. The Bertz CT molecular complexity index is 805. The molecule has 104 valence electrons. The van der Waals surface area contributed by atoms with E-state index in [9.17, 15) is 4.79 Å². The maximum Gasteiger partial charge on any atom is 0.276 e. The summed E-state index contributed by atoms with van der Waals surface area (Å²) >= 11 is 5.97. The summed E-state index contributed by atoms with van der Waals surface area (Å²) < 4.78 is 0. The summed E-state index contributed by atoms with van der Waals surface area (Å²) in [4.78, 5) is 22.4. The average molecular weight is 298 g/mol. The fourth-order valence-corrected chi connectivity index (χ4v) is 2.22. The molecule has 3 aromatic rings. The Labute approximate surface area is 127 Å². The molecule has 1 amide bonds. The maximum atomic E-state index is 12.5. The minimum absolute atomic E-state index is 0.190. The zero-order valence-electron chi connectivity index (χ0n) is 11.3. The molecule has 0 saturated carbocycles. The highest BCUT2D eigenvalue weighted by Gasteiger charge is 2.15. The third-order valence-electron chi connectivity index (χ3n) is 3.21. The maximum absolute atomic E-state index is 12.5. The van der Waals surface area contributed by atoms with Gasteiger partial charge in [-0.05, 0) is 30.3 Å². The Balaban J connectivity index is 1.98. The molecule has 2 aromatic heterocycles. The first-order valence-corrected chi connectivity index (χ1v) is 6.77. The highest BCUT2D eigenvalue weighted by atomic mass is 35.5. The van der Waals surface area contributed by atoms with Crippen LogP contribution >= 0.6 is 11.6 Å². The van der Waals surface area contributed by atoms with Crippen molar-refractivity contribution in [2.24, 2.45) is 0 Å². The molecule has 0 radical (unpaired) electrons. The number of nitrogens with zero attached hydrogens (tertiary/aromatic N) is 3. The number of hydrogen-bond donors (Lipinski definition) is 0. The topological polar surface area (TPSA) is 46.1 Å². The Morgan fingerprint density at radius 3 is 2.76 bits per heavy atom. The number of amides is 1. The molecule has 21 heavy (non-hydrogen) atoms. The van der Waals surface area contributed by atoms with E-state index >= 15 is 0 Å². The Morgan fingerprint density at radius 2 is 2.00 bits per heavy atom. The number of rotatable bonds is 2. The molecule has 0 spiro atoms. The van der Waals surface area contributed by atoms with Crippen molar-refractivity contribution in [3.8, 4) is 0 Å². The standard InChI is InChI=1S/C16H12ClN3O/c1-20(13-3-2-8-18-10-13)16(21)14-7-5-11-4-6-12(17)9-15(11)19-14/h2-10H,1H3. The molecular weight excluding hydrogens is 286 g/mol. The Hall–Kier alpha value is -2.46. The van der Waals surface area contributed by atoms with Gasteiger partial charge in [-0.2, -0.15) is 0 Å². The molecule has 4 nitrogen and oxygen atoms in total. The number of anilines is 1. The first-order chi connectivity index (χ1) is 10.1. The smallest absolute Gasteiger partial charge is 0.276 e. The third kappa shape index (κ3) is 2.71. The number of carbonyl (C=O) groups is 1. The molecule has 0 bridgehead atoms. The van der Waals surface area contributed by atoms with Crippen LogP contribution in [0, 0.1) is 0 Å². The van der Waals surface area contributed by atoms with Gasteiger partial charge >= 0.3 is 0 Å². The van der Waals surface area contributed by atoms with E-state index < -0.39 is 0 Å². The lowest BCUT2D eigenvalue weighted by Crippen LogP contribution is -2.27. The monoisotopic (exact) mass is 297 g/mol. The predicted molar refractivity (Wildman–Crippen MR) is 83.7 cm³/mol. The van der Waals surface area contributed by atoms with Gasteiger partial charge in [-0.1, -0.05) is 23.7 Å². The van der Waals surface area contributed by atoms with Gasteiger partial charge < -0.3 is 4.90 Å². The van der Waals surface area contributed by atoms with E-state index in [0.717, 1.165) is 11.1 Å². The number of aromatic nitrogens is 2. The van der Waals surface area contributed by atoms with Crippen LogP contribution in [0.2, 0.25) is 5.02 Å². The second-order valence-corrected chi connectivity index (χ2v) is 5.05. The molecule has 0 aliphatic heterocycles. The molecule has 0 aliphatic rings. The van der Waals surface area contributed by atoms with Crippen LogP contribution in [-0.4, -0.2) is 22.9 Å². The number of hydrogen-bond acceptors (Lipinski definition) is 3. The third-order valence-corrected chi connectivity index (χ3v) is 3.45. The van der Waals surface area contributed by atoms with Gasteiger partial charge in [0.25, 0.3) is 5.91 Å². The zero-order chi connectivity index (χ0) is 14.8. The van der Waals surface area contributed by atoms with Crippen LogP contribution < -0.4 is 4.90 Å². The molecule has 2 heterocycles. The zero-order valence-corrected chi connectivity index (χ0v) is 12.1. The Kier molecular flexibility index (Phi) is 3.54. The molecule has 0 fully saturated rings. The summed E-state index contributed by atoms with van der Waals surface area (Å²) in [7, 11) is 1.70. The number of carbonyl (C=O) groups excluding carboxylic acids is 1. The largest absolute Gasteiger partial charge is 0.309 e. The quantitative estimate of drug-likeness (QED) is 0.726. The van der Waals surface area contributed by atoms with Crippen molar-refractivity contribution in [3.63, 3.8) is 0 Å². The molecule has 5 heteroatoms. The molecule has 0 N–H and O–H groups in total. The number of pyridine rings is 2. The van der Waals surface area contributed by atoms with E-state index in [0.29, 0.717) is 16.2 Å². The minimum atomic E-state index is -0.190. The second-order valence-electron chi connectivity index (χ2n) is 4.61. The van der Waals surface area contributed by atoms with Gasteiger partial charge in [-0.3, -0.25) is 9.78 Å². The molecular formula is C16H12ClN3O. The molecule has 0 atom stereocenters. The van der Waals surface area contributed by atoms with Crippen molar-refractivity contribution < 1.29 is 4.79 Å². The fraction of sp³-hybridized carbons (Fsp3) is 0.0625. The van der Waals surface area contributed by atoms with Gasteiger partial charge in [0, 0.05) is 23.7 Å². The van der Waals surface area contributed by atoms with Crippen molar-refractivity contribution in [1.82, 2.24) is 9.97 Å². The van der Waals surface area contributed by atoms with Gasteiger partial charge in [-0.25, -0.2) is 4.98 Å². The minimum Gasteiger partial charge on any atom is -0.309 e. The lowest BCUT2D eigenvalue weighted by atomic mass is 10.2. The van der Waals surface area contributed by atoms with Gasteiger partial charge in [0.05, 0.1) is 17.4 Å². The molecule has 1 aromatic carbocycles. The second kappa shape index (κ2) is 5.50. The van der Waals surface area contributed by atoms with Gasteiger partial charge in [0.15, 0.2) is 0 Å². The van der Waals surface area contributed by atoms with Crippen molar-refractivity contribution in [2.45, 2.75) is 0 Å². The fourth-order valence-electron chi connectivity index (χ4n) is 2.05. The summed E-state index contributed by atoms with van der Waals surface area (Å²) in [5, 5.41) is 1.54. The van der Waals surface area contributed by atoms with Crippen LogP contribution in [0.25, 0.3) is 10.9 Å². The van der Waals surface area contributed by atoms with E-state index in [1.165, 1.54) is 4.90 Å². The molecule has 3 rings (SSSR count). The van der Waals surface area contributed by atoms with E-state index in [2.05, 4.69) is 9.97 Å². The Morgan fingerprint density at radius 1 is 1.19 bits per heavy atom. The van der Waals surface area contributed by atoms with Gasteiger partial charge in [0.2, 0.25) is 0 Å². The van der Waals surface area contributed by atoms with E-state index in [-0.39, 0.29) is 5.91 Å². The highest BCUT2D eigenvalue weighted by molar-refractivity contribution is 6.31. The molecule has 0 saturated heterocycles. The molecule has 0 aliphatic carbocycles. The normalized spacial score (nSPS) is 10.6. The summed E-state index contributed by atoms with van der Waals surface area (Å²) in [6.45, 7) is 0. The highest BCUT2D eigenvalue weighted by Crippen LogP contribution is 2.19. The first-order valence-electron chi connectivity index (χ1n) is 6.39. The lowest BCUT2D eigenvalue weighted by molar-refractivity contribution is 0.0988. The predicted octanol–water partition coefficient (Wildman–Crippen LogP) is 3.56. The summed E-state index contributed by atoms with van der Waals surface area (Å²) in [6, 6.07) is 12.6. The van der Waals surface area contributed by atoms with E-state index in [1.807, 2.05) is 18.2 Å². The van der Waals surface area contributed by atoms with Crippen LogP contribution in [0.15, 0.2) is 54.9 Å². The summed E-state index contributed by atoms with van der Waals surface area (Å²) in [6.07, 6.45) is 3.30. The van der Waals surface area contributed by atoms with Crippen LogP contribution in [0.1, 0.15) is 10.5 Å². The summed E-state index contributed by atoms with van der Waals surface area (Å²) in [5.74, 6) is -0.190. The lowest BCUT2D eigenvalue weighted by Gasteiger charge is -2.16. The van der Waals surface area contributed by atoms with Crippen molar-refractivity contribution >= 4 is 34.1 Å². The number of benzene rings is 1. The van der Waals surface area contributed by atoms with Crippen LogP contribution in [0.5, 0.6) is 0 Å². The van der Waals surface area contributed by atoms with Crippen LogP contribution in [-0.2, 0) is 0 Å². The van der Waals surface area contributed by atoms with Crippen molar-refractivity contribution in [3.05, 3.63) is 65.6 Å². The van der Waals surface area contributed by atoms with Crippen molar-refractivity contribution in [2.75, 3.05) is 11.9 Å². The van der Waals surface area contributed by atoms with Crippen LogP contribution in [0.4, 0.5) is 5.69 Å². The number of fused-ring (bicyclic) bond motifs is 1. The van der Waals surface area contributed by atoms with Crippen molar-refractivity contribution in [1.29, 1.82) is 0 Å². The number of halogens is 1. The van der Waals surface area contributed by atoms with E-state index in [4.69, 9.17) is 11.6 Å². The SMILES string of the molecule is CN(C(=O)c1ccc2ccc(Cl)cc2n1)c1cccnc1.